The summed E-state index contributed by atoms with van der Waals surface area (Å²) in [6.07, 6.45) is 80.7. The fourth-order valence-corrected chi connectivity index (χ4v) is 10.4. The van der Waals surface area contributed by atoms with Gasteiger partial charge in [0.15, 0.2) is 0 Å². The zero-order valence-corrected chi connectivity index (χ0v) is 49.8. The van der Waals surface area contributed by atoms with Gasteiger partial charge in [-0.2, -0.15) is 0 Å². The summed E-state index contributed by atoms with van der Waals surface area (Å²) in [4.78, 5) is 24.6. The zero-order valence-electron chi connectivity index (χ0n) is 49.8. The normalized spacial score (nSPS) is 12.8. The highest BCUT2D eigenvalue weighted by Gasteiger charge is 2.18. The van der Waals surface area contributed by atoms with Gasteiger partial charge in [0.1, 0.15) is 0 Å². The number of unbranched alkanes of at least 4 members (excludes halogenated alkanes) is 47. The molecule has 6 heteroatoms. The molecule has 74 heavy (non-hydrogen) atoms. The zero-order chi connectivity index (χ0) is 53.6. The van der Waals surface area contributed by atoms with Gasteiger partial charge in [0.2, 0.25) is 5.91 Å². The average molecular weight is 1040 g/mol. The highest BCUT2D eigenvalue weighted by Crippen LogP contribution is 2.18. The molecule has 3 N–H and O–H groups in total. The minimum Gasteiger partial charge on any atom is -0.465 e. The van der Waals surface area contributed by atoms with Crippen molar-refractivity contribution in [2.24, 2.45) is 0 Å². The predicted octanol–water partition coefficient (Wildman–Crippen LogP) is 21.1. The summed E-state index contributed by atoms with van der Waals surface area (Å²) in [6, 6.07) is -0.633. The molecule has 436 valence electrons. The molecule has 0 aromatic heterocycles. The summed E-state index contributed by atoms with van der Waals surface area (Å²) in [5.41, 5.74) is 0. The Kier molecular flexibility index (Phi) is 62.0. The van der Waals surface area contributed by atoms with E-state index >= 15 is 0 Å². The number of ether oxygens (including phenoxy) is 1. The third-order valence-electron chi connectivity index (χ3n) is 15.4. The molecule has 0 aromatic rings. The number of rotatable bonds is 62. The summed E-state index contributed by atoms with van der Waals surface area (Å²) in [5, 5.41) is 23.2. The topological polar surface area (TPSA) is 95.9 Å². The maximum Gasteiger partial charge on any atom is 0.305 e. The van der Waals surface area contributed by atoms with E-state index in [-0.39, 0.29) is 18.5 Å². The Labute approximate surface area is 462 Å². The van der Waals surface area contributed by atoms with E-state index in [1.165, 1.54) is 283 Å². The van der Waals surface area contributed by atoms with Gasteiger partial charge in [-0.25, -0.2) is 0 Å². The molecule has 1 amide bonds. The second-order valence-corrected chi connectivity index (χ2v) is 22.8. The number of nitrogens with one attached hydrogen (secondary N) is 1. The minimum absolute atomic E-state index is 0.0320. The van der Waals surface area contributed by atoms with Crippen molar-refractivity contribution in [3.8, 4) is 0 Å². The molecule has 0 aliphatic rings. The third kappa shape index (κ3) is 59.3. The number of hydrogen-bond donors (Lipinski definition) is 3. The van der Waals surface area contributed by atoms with E-state index < -0.39 is 12.1 Å². The van der Waals surface area contributed by atoms with Crippen LogP contribution >= 0.6 is 0 Å². The second-order valence-electron chi connectivity index (χ2n) is 22.8. The first-order valence-electron chi connectivity index (χ1n) is 33.3. The summed E-state index contributed by atoms with van der Waals surface area (Å²) in [6.45, 7) is 4.83. The van der Waals surface area contributed by atoms with Crippen LogP contribution in [0.25, 0.3) is 0 Å². The first kappa shape index (κ1) is 72.1. The van der Waals surface area contributed by atoms with Crippen LogP contribution in [-0.4, -0.2) is 47.4 Å². The second kappa shape index (κ2) is 63.6. The number of carbonyl (C=O) groups excluding carboxylic acids is 2. The van der Waals surface area contributed by atoms with Crippen LogP contribution in [0.3, 0.4) is 0 Å². The lowest BCUT2D eigenvalue weighted by molar-refractivity contribution is -0.143. The predicted molar refractivity (Wildman–Crippen MR) is 324 cm³/mol. The molecule has 0 spiro atoms. The molecule has 0 heterocycles. The van der Waals surface area contributed by atoms with Crippen LogP contribution in [0, 0.1) is 0 Å². The van der Waals surface area contributed by atoms with Crippen LogP contribution in [-0.2, 0) is 14.3 Å². The number of aliphatic hydroxyl groups excluding tert-OH is 2. The maximum atomic E-state index is 12.5. The smallest absolute Gasteiger partial charge is 0.305 e. The first-order valence-corrected chi connectivity index (χ1v) is 33.3. The van der Waals surface area contributed by atoms with E-state index in [9.17, 15) is 19.8 Å². The van der Waals surface area contributed by atoms with Crippen molar-refractivity contribution in [3.05, 3.63) is 36.5 Å². The highest BCUT2D eigenvalue weighted by atomic mass is 16.5. The highest BCUT2D eigenvalue weighted by molar-refractivity contribution is 5.76. The molecule has 0 aliphatic carbocycles. The van der Waals surface area contributed by atoms with Crippen molar-refractivity contribution in [2.45, 2.75) is 373 Å². The van der Waals surface area contributed by atoms with E-state index in [0.29, 0.717) is 19.4 Å². The molecule has 0 radical (unpaired) electrons. The monoisotopic (exact) mass is 1040 g/mol. The van der Waals surface area contributed by atoms with Crippen LogP contribution in [0.15, 0.2) is 36.5 Å². The molecular weight excluding hydrogens is 911 g/mol. The van der Waals surface area contributed by atoms with Gasteiger partial charge in [0, 0.05) is 12.8 Å². The van der Waals surface area contributed by atoms with E-state index in [1.54, 1.807) is 6.08 Å². The lowest BCUT2D eigenvalue weighted by Gasteiger charge is -2.20. The van der Waals surface area contributed by atoms with Crippen molar-refractivity contribution in [1.29, 1.82) is 0 Å². The number of esters is 1. The molecule has 0 saturated heterocycles. The van der Waals surface area contributed by atoms with Crippen molar-refractivity contribution < 1.29 is 24.5 Å². The standard InChI is InChI=1S/C68H129NO5/c1-3-5-7-9-11-13-15-17-19-21-22-26-29-32-36-40-44-48-52-56-60-66(71)65(64-70)69-67(72)61-57-53-49-45-41-37-33-30-27-24-23-25-28-31-35-39-43-47-51-55-59-63-74-68(73)62-58-54-50-46-42-38-34-20-18-16-14-12-10-8-6-4-2/h39,43,51,55-56,60,65-66,70-71H,3-38,40-42,44-50,52-54,57-59,61-64H2,1-2H3,(H,69,72)/b43-39-,55-51-,60-56+. The fourth-order valence-electron chi connectivity index (χ4n) is 10.4. The van der Waals surface area contributed by atoms with Gasteiger partial charge in [-0.05, 0) is 51.4 Å². The summed E-state index contributed by atoms with van der Waals surface area (Å²) in [5.74, 6) is -0.102. The third-order valence-corrected chi connectivity index (χ3v) is 15.4. The molecule has 0 saturated carbocycles. The van der Waals surface area contributed by atoms with Crippen molar-refractivity contribution in [1.82, 2.24) is 5.32 Å². The molecule has 6 nitrogen and oxygen atoms in total. The average Bonchev–Trinajstić information content (AvgIpc) is 3.40. The molecule has 0 aromatic carbocycles. The quantitative estimate of drug-likeness (QED) is 0.0320. The van der Waals surface area contributed by atoms with Crippen molar-refractivity contribution >= 4 is 11.9 Å². The Morgan fingerprint density at radius 2 is 0.676 bits per heavy atom. The molecule has 0 aliphatic heterocycles. The van der Waals surface area contributed by atoms with Gasteiger partial charge < -0.3 is 20.3 Å². The lowest BCUT2D eigenvalue weighted by Crippen LogP contribution is -2.45. The van der Waals surface area contributed by atoms with E-state index in [2.05, 4.69) is 43.5 Å². The van der Waals surface area contributed by atoms with Crippen LogP contribution < -0.4 is 5.32 Å². The molecule has 2 unspecified atom stereocenters. The Balaban J connectivity index is 3.47. The lowest BCUT2D eigenvalue weighted by atomic mass is 10.0. The van der Waals surface area contributed by atoms with E-state index in [1.807, 2.05) is 6.08 Å². The molecule has 0 bridgehead atoms. The van der Waals surface area contributed by atoms with Gasteiger partial charge >= 0.3 is 5.97 Å². The molecule has 2 atom stereocenters. The van der Waals surface area contributed by atoms with Crippen LogP contribution in [0.1, 0.15) is 361 Å². The SMILES string of the molecule is CCCCCCCCCCCCCCCCCCCC/C=C/C(O)C(CO)NC(=O)CCCCCCCCCCCCCCCC/C=C\C/C=C\CCOC(=O)CCCCCCCCCCCCCCCCCC. The number of carbonyl (C=O) groups is 2. The Bertz CT molecular complexity index is 1200. The molecule has 0 fully saturated rings. The number of aliphatic hydroxyl groups is 2. The Morgan fingerprint density at radius 3 is 1.03 bits per heavy atom. The van der Waals surface area contributed by atoms with Crippen LogP contribution in [0.2, 0.25) is 0 Å². The van der Waals surface area contributed by atoms with Crippen LogP contribution in [0.5, 0.6) is 0 Å². The maximum absolute atomic E-state index is 12.5. The van der Waals surface area contributed by atoms with E-state index in [0.717, 1.165) is 51.4 Å². The van der Waals surface area contributed by atoms with Crippen molar-refractivity contribution in [3.63, 3.8) is 0 Å². The Hall–Kier alpha value is -1.92. The fraction of sp³-hybridized carbons (Fsp3) is 0.882. The van der Waals surface area contributed by atoms with Gasteiger partial charge in [-0.1, -0.05) is 333 Å². The van der Waals surface area contributed by atoms with Gasteiger partial charge in [-0.3, -0.25) is 9.59 Å². The molecule has 0 rings (SSSR count). The van der Waals surface area contributed by atoms with Gasteiger partial charge in [0.25, 0.3) is 0 Å². The molecular formula is C68H129NO5. The first-order chi connectivity index (χ1) is 36.5. The number of amides is 1. The largest absolute Gasteiger partial charge is 0.465 e. The summed E-state index contributed by atoms with van der Waals surface area (Å²) < 4.78 is 5.43. The Morgan fingerprint density at radius 1 is 0.378 bits per heavy atom. The van der Waals surface area contributed by atoms with Crippen molar-refractivity contribution in [2.75, 3.05) is 13.2 Å². The van der Waals surface area contributed by atoms with Crippen LogP contribution in [0.4, 0.5) is 0 Å². The van der Waals surface area contributed by atoms with E-state index in [4.69, 9.17) is 4.74 Å². The summed E-state index contributed by atoms with van der Waals surface area (Å²) in [7, 11) is 0. The minimum atomic E-state index is -0.849. The summed E-state index contributed by atoms with van der Waals surface area (Å²) >= 11 is 0. The number of hydrogen-bond acceptors (Lipinski definition) is 5. The van der Waals surface area contributed by atoms with Gasteiger partial charge in [0.05, 0.1) is 25.4 Å². The number of allylic oxidation sites excluding steroid dienone is 4. The van der Waals surface area contributed by atoms with Gasteiger partial charge in [-0.15, -0.1) is 0 Å².